The van der Waals surface area contributed by atoms with Crippen LogP contribution in [0, 0.1) is 5.41 Å². The van der Waals surface area contributed by atoms with Crippen molar-refractivity contribution in [1.29, 1.82) is 0 Å². The highest BCUT2D eigenvalue weighted by Gasteiger charge is 2.86. The van der Waals surface area contributed by atoms with E-state index in [1.807, 2.05) is 13.8 Å². The van der Waals surface area contributed by atoms with Crippen LogP contribution >= 0.6 is 0 Å². The summed E-state index contributed by atoms with van der Waals surface area (Å²) in [5.74, 6) is -12.1. The van der Waals surface area contributed by atoms with Crippen LogP contribution < -0.4 is 0 Å². The van der Waals surface area contributed by atoms with E-state index in [9.17, 15) is 19.8 Å². The molecule has 2 N–H and O–H groups in total. The van der Waals surface area contributed by atoms with Crippen LogP contribution in [0.1, 0.15) is 114 Å². The molecule has 0 heterocycles. The fourth-order valence-electron chi connectivity index (χ4n) is 6.10. The van der Waals surface area contributed by atoms with Crippen LogP contribution in [-0.2, 0) is 57.0 Å². The van der Waals surface area contributed by atoms with E-state index in [0.717, 1.165) is 0 Å². The molecule has 48 heavy (non-hydrogen) atoms. The minimum absolute atomic E-state index is 0.00455. The number of unbranched alkanes of at least 4 members (excludes halogenated alkanes) is 2. The van der Waals surface area contributed by atoms with E-state index >= 15 is 0 Å². The van der Waals surface area contributed by atoms with Crippen molar-refractivity contribution in [3.05, 3.63) is 0 Å². The Morgan fingerprint density at radius 3 is 1.04 bits per heavy atom. The number of rotatable bonds is 33. The zero-order valence-corrected chi connectivity index (χ0v) is 31.3. The second-order valence-electron chi connectivity index (χ2n) is 10.7. The number of hydrogen-bond acceptors (Lipinski definition) is 12. The summed E-state index contributed by atoms with van der Waals surface area (Å²) in [5.41, 5.74) is -2.53. The van der Waals surface area contributed by atoms with E-state index in [1.54, 1.807) is 55.4 Å². The summed E-state index contributed by atoms with van der Waals surface area (Å²) in [6.45, 7) is 17.2. The van der Waals surface area contributed by atoms with E-state index in [2.05, 4.69) is 0 Å². The van der Waals surface area contributed by atoms with Crippen molar-refractivity contribution in [2.24, 2.45) is 5.41 Å². The van der Waals surface area contributed by atoms with E-state index in [1.165, 1.54) is 0 Å². The van der Waals surface area contributed by atoms with Gasteiger partial charge in [0, 0.05) is 59.3 Å². The number of carboxylic acid groups (broad SMARTS) is 2. The van der Waals surface area contributed by atoms with Crippen molar-refractivity contribution in [2.75, 3.05) is 66.1 Å². The van der Waals surface area contributed by atoms with Gasteiger partial charge in [0.15, 0.2) is 5.41 Å². The summed E-state index contributed by atoms with van der Waals surface area (Å²) < 4.78 is 64.8. The molecule has 0 saturated carbocycles. The number of carbonyl (C=O) groups is 2. The molecule has 0 aliphatic heterocycles. The first kappa shape index (κ1) is 46.5. The fourth-order valence-corrected chi connectivity index (χ4v) is 6.10. The van der Waals surface area contributed by atoms with Crippen molar-refractivity contribution >= 4 is 11.9 Å². The van der Waals surface area contributed by atoms with Gasteiger partial charge >= 0.3 is 23.9 Å². The van der Waals surface area contributed by atoms with Gasteiger partial charge in [0.25, 0.3) is 11.6 Å². The van der Waals surface area contributed by atoms with Gasteiger partial charge in [-0.25, -0.2) is 0 Å². The molecule has 0 saturated heterocycles. The Morgan fingerprint density at radius 2 is 0.792 bits per heavy atom. The number of aliphatic carboxylic acids is 2. The highest BCUT2D eigenvalue weighted by atomic mass is 16.9. The molecule has 0 rings (SSSR count). The molecule has 0 bridgehead atoms. The lowest BCUT2D eigenvalue weighted by molar-refractivity contribution is -0.573. The van der Waals surface area contributed by atoms with E-state index in [0.29, 0.717) is 19.3 Å². The first-order valence-electron chi connectivity index (χ1n) is 17.8. The number of carboxylic acids is 2. The Bertz CT molecular complexity index is 795. The Kier molecular flexibility index (Phi) is 23.1. The molecule has 0 aliphatic carbocycles. The molecule has 286 valence electrons. The Hall–Kier alpha value is -1.46. The Morgan fingerprint density at radius 1 is 0.458 bits per heavy atom. The summed E-state index contributed by atoms with van der Waals surface area (Å²) >= 11 is 0. The van der Waals surface area contributed by atoms with E-state index in [4.69, 9.17) is 47.4 Å². The molecule has 0 spiro atoms. The molecular weight excluding hydrogens is 632 g/mol. The number of hydrogen-bond donors (Lipinski definition) is 2. The summed E-state index contributed by atoms with van der Waals surface area (Å²) in [5, 5.41) is 21.3. The second-order valence-corrected chi connectivity index (χ2v) is 10.7. The van der Waals surface area contributed by atoms with Crippen molar-refractivity contribution in [3.63, 3.8) is 0 Å². The van der Waals surface area contributed by atoms with Gasteiger partial charge in [-0.2, -0.15) is 0 Å². The molecule has 0 aliphatic rings. The molecule has 0 aromatic heterocycles. The van der Waals surface area contributed by atoms with Crippen LogP contribution in [-0.4, -0.2) is 112 Å². The lowest BCUT2D eigenvalue weighted by Crippen LogP contribution is -2.83. The van der Waals surface area contributed by atoms with Gasteiger partial charge in [-0.15, -0.1) is 0 Å². The maximum Gasteiger partial charge on any atom is 0.342 e. The third kappa shape index (κ3) is 10.1. The first-order chi connectivity index (χ1) is 23.0. The van der Waals surface area contributed by atoms with Crippen molar-refractivity contribution in [3.8, 4) is 0 Å². The standard InChI is InChI=1S/C34H66O14/c1-11-26-47-33(43-17-7,44-18-8)31(39-13-3,40-14-4)30(29(37)38,25-23-21-22-24-28(35)36)32(41-15-5,42-16-6)34(45-19-9,46-20-10)48-27-12-2/h11-27H2,1-10H3,(H,35,36)(H,37,38). The summed E-state index contributed by atoms with van der Waals surface area (Å²) in [6, 6.07) is 0. The van der Waals surface area contributed by atoms with Gasteiger partial charge in [-0.1, -0.05) is 26.7 Å². The molecule has 14 nitrogen and oxygen atoms in total. The summed E-state index contributed by atoms with van der Waals surface area (Å²) in [7, 11) is 0. The maximum atomic E-state index is 14.7. The highest BCUT2D eigenvalue weighted by Crippen LogP contribution is 2.61. The summed E-state index contributed by atoms with van der Waals surface area (Å²) in [4.78, 5) is 26.1. The third-order valence-electron chi connectivity index (χ3n) is 7.46. The van der Waals surface area contributed by atoms with E-state index < -0.39 is 40.9 Å². The van der Waals surface area contributed by atoms with Gasteiger partial charge in [-0.05, 0) is 81.1 Å². The summed E-state index contributed by atoms with van der Waals surface area (Å²) in [6.07, 6.45) is 1.36. The van der Waals surface area contributed by atoms with Crippen LogP contribution in [0.3, 0.4) is 0 Å². The van der Waals surface area contributed by atoms with Crippen molar-refractivity contribution in [2.45, 2.75) is 138 Å². The average Bonchev–Trinajstić information content (AvgIpc) is 3.04. The van der Waals surface area contributed by atoms with Crippen LogP contribution in [0.2, 0.25) is 0 Å². The average molecular weight is 699 g/mol. The normalized spacial score (nSPS) is 13.3. The third-order valence-corrected chi connectivity index (χ3v) is 7.46. The van der Waals surface area contributed by atoms with Crippen LogP contribution in [0.4, 0.5) is 0 Å². The largest absolute Gasteiger partial charge is 0.481 e. The molecular formula is C34H66O14. The Labute approximate surface area is 288 Å². The minimum Gasteiger partial charge on any atom is -0.481 e. The molecule has 0 radical (unpaired) electrons. The predicted octanol–water partition coefficient (Wildman–Crippen LogP) is 5.94. The zero-order valence-electron chi connectivity index (χ0n) is 31.3. The monoisotopic (exact) mass is 698 g/mol. The van der Waals surface area contributed by atoms with Gasteiger partial charge in [-0.3, -0.25) is 9.59 Å². The molecule has 0 atom stereocenters. The van der Waals surface area contributed by atoms with Crippen molar-refractivity contribution in [1.82, 2.24) is 0 Å². The maximum absolute atomic E-state index is 14.7. The topological polar surface area (TPSA) is 167 Å². The lowest BCUT2D eigenvalue weighted by atomic mass is 9.65. The van der Waals surface area contributed by atoms with Gasteiger partial charge in [0.1, 0.15) is 0 Å². The van der Waals surface area contributed by atoms with Crippen LogP contribution in [0.25, 0.3) is 0 Å². The smallest absolute Gasteiger partial charge is 0.342 e. The first-order valence-corrected chi connectivity index (χ1v) is 17.8. The second kappa shape index (κ2) is 23.9. The molecule has 14 heteroatoms. The Balaban J connectivity index is 8.97. The predicted molar refractivity (Wildman–Crippen MR) is 177 cm³/mol. The van der Waals surface area contributed by atoms with E-state index in [-0.39, 0.29) is 91.8 Å². The van der Waals surface area contributed by atoms with Gasteiger partial charge < -0.3 is 57.6 Å². The highest BCUT2D eigenvalue weighted by molar-refractivity contribution is 5.78. The molecule has 0 fully saturated rings. The quantitative estimate of drug-likeness (QED) is 0.0611. The SMILES string of the molecule is CCCOC(OCC)(OCC)C(OCC)(OCC)C(CCCCCC(=O)O)(C(=O)O)C(OCC)(OCC)C(OCC)(OCC)OCCC. The number of ether oxygens (including phenoxy) is 10. The molecule has 0 unspecified atom stereocenters. The fraction of sp³-hybridized carbons (Fsp3) is 0.941. The van der Waals surface area contributed by atoms with Crippen LogP contribution in [0.5, 0.6) is 0 Å². The molecule has 0 amide bonds. The molecule has 0 aromatic rings. The van der Waals surface area contributed by atoms with Gasteiger partial charge in [0.2, 0.25) is 0 Å². The molecule has 0 aromatic carbocycles. The van der Waals surface area contributed by atoms with Gasteiger partial charge in [0.05, 0.1) is 13.2 Å². The lowest BCUT2D eigenvalue weighted by Gasteiger charge is -2.62. The van der Waals surface area contributed by atoms with Crippen molar-refractivity contribution < 1.29 is 67.2 Å². The minimum atomic E-state index is -2.53. The zero-order chi connectivity index (χ0) is 36.7. The van der Waals surface area contributed by atoms with Crippen LogP contribution in [0.15, 0.2) is 0 Å².